The van der Waals surface area contributed by atoms with E-state index in [1.165, 1.54) is 11.6 Å². The molecule has 0 aromatic heterocycles. The molecule has 0 fully saturated rings. The Morgan fingerprint density at radius 1 is 1.04 bits per heavy atom. The van der Waals surface area contributed by atoms with E-state index in [0.717, 1.165) is 13.0 Å². The molecule has 0 aliphatic heterocycles. The fourth-order valence-corrected chi connectivity index (χ4v) is 2.48. The molecule has 128 valence electrons. The fraction of sp³-hybridized carbons (Fsp3) is 0.316. The van der Waals surface area contributed by atoms with Crippen molar-refractivity contribution >= 4 is 5.91 Å². The van der Waals surface area contributed by atoms with Gasteiger partial charge in [-0.2, -0.15) is 0 Å². The van der Waals surface area contributed by atoms with Crippen LogP contribution in [0.1, 0.15) is 11.1 Å². The first-order valence-electron chi connectivity index (χ1n) is 8.15. The van der Waals surface area contributed by atoms with E-state index in [1.807, 2.05) is 23.1 Å². The number of rotatable bonds is 9. The third-order valence-corrected chi connectivity index (χ3v) is 3.81. The van der Waals surface area contributed by atoms with E-state index < -0.39 is 0 Å². The summed E-state index contributed by atoms with van der Waals surface area (Å²) in [7, 11) is 0. The second-order valence-corrected chi connectivity index (χ2v) is 5.67. The molecule has 0 aliphatic carbocycles. The molecule has 1 amide bonds. The SMILES string of the molecule is NCCN(CCc1ccccc1)CC(=O)NCc1ccccc1F. The minimum absolute atomic E-state index is 0.125. The third kappa shape index (κ3) is 6.10. The molecule has 0 saturated carbocycles. The molecule has 0 bridgehead atoms. The van der Waals surface area contributed by atoms with Gasteiger partial charge in [0, 0.05) is 31.7 Å². The molecule has 2 aromatic carbocycles. The highest BCUT2D eigenvalue weighted by Crippen LogP contribution is 2.05. The van der Waals surface area contributed by atoms with Gasteiger partial charge in [-0.1, -0.05) is 48.5 Å². The summed E-state index contributed by atoms with van der Waals surface area (Å²) < 4.78 is 13.6. The summed E-state index contributed by atoms with van der Waals surface area (Å²) in [6, 6.07) is 16.6. The van der Waals surface area contributed by atoms with Crippen LogP contribution < -0.4 is 11.1 Å². The van der Waals surface area contributed by atoms with E-state index in [0.29, 0.717) is 18.7 Å². The third-order valence-electron chi connectivity index (χ3n) is 3.81. The first kappa shape index (κ1) is 18.1. The van der Waals surface area contributed by atoms with Crippen LogP contribution in [0.15, 0.2) is 54.6 Å². The molecule has 3 N–H and O–H groups in total. The van der Waals surface area contributed by atoms with Crippen LogP contribution >= 0.6 is 0 Å². The zero-order chi connectivity index (χ0) is 17.2. The van der Waals surface area contributed by atoms with Gasteiger partial charge in [0.25, 0.3) is 0 Å². The summed E-state index contributed by atoms with van der Waals surface area (Å²) in [5, 5.41) is 2.77. The van der Waals surface area contributed by atoms with Crippen LogP contribution in [-0.2, 0) is 17.8 Å². The Morgan fingerprint density at radius 2 is 1.75 bits per heavy atom. The quantitative estimate of drug-likeness (QED) is 0.739. The number of nitrogens with zero attached hydrogens (tertiary/aromatic N) is 1. The number of carbonyl (C=O) groups is 1. The Kier molecular flexibility index (Phi) is 7.39. The van der Waals surface area contributed by atoms with Crippen molar-refractivity contribution in [3.63, 3.8) is 0 Å². The van der Waals surface area contributed by atoms with Crippen molar-refractivity contribution in [2.45, 2.75) is 13.0 Å². The summed E-state index contributed by atoms with van der Waals surface area (Å²) in [6.07, 6.45) is 0.863. The highest BCUT2D eigenvalue weighted by Gasteiger charge is 2.11. The second kappa shape index (κ2) is 9.80. The Bertz CT molecular complexity index is 634. The van der Waals surface area contributed by atoms with Crippen LogP contribution in [0.25, 0.3) is 0 Å². The van der Waals surface area contributed by atoms with E-state index in [2.05, 4.69) is 17.4 Å². The van der Waals surface area contributed by atoms with Gasteiger partial charge in [0.1, 0.15) is 5.82 Å². The molecule has 0 spiro atoms. The van der Waals surface area contributed by atoms with Gasteiger partial charge in [-0.05, 0) is 18.1 Å². The predicted molar refractivity (Wildman–Crippen MR) is 93.9 cm³/mol. The Hall–Kier alpha value is -2.24. The lowest BCUT2D eigenvalue weighted by molar-refractivity contribution is -0.122. The summed E-state index contributed by atoms with van der Waals surface area (Å²) in [4.78, 5) is 14.1. The summed E-state index contributed by atoms with van der Waals surface area (Å²) >= 11 is 0. The molecule has 0 aliphatic rings. The van der Waals surface area contributed by atoms with Crippen molar-refractivity contribution in [3.05, 3.63) is 71.5 Å². The lowest BCUT2D eigenvalue weighted by atomic mass is 10.1. The van der Waals surface area contributed by atoms with Crippen LogP contribution in [0.5, 0.6) is 0 Å². The van der Waals surface area contributed by atoms with Crippen LogP contribution in [0.3, 0.4) is 0 Å². The van der Waals surface area contributed by atoms with Crippen molar-refractivity contribution in [1.29, 1.82) is 0 Å². The minimum Gasteiger partial charge on any atom is -0.351 e. The van der Waals surface area contributed by atoms with E-state index in [4.69, 9.17) is 5.73 Å². The van der Waals surface area contributed by atoms with Crippen LogP contribution in [0, 0.1) is 5.82 Å². The van der Waals surface area contributed by atoms with Gasteiger partial charge in [0.05, 0.1) is 6.54 Å². The highest BCUT2D eigenvalue weighted by molar-refractivity contribution is 5.78. The molecule has 0 heterocycles. The molecular formula is C19H24FN3O. The molecule has 5 heteroatoms. The molecule has 2 rings (SSSR count). The van der Waals surface area contributed by atoms with Gasteiger partial charge in [-0.3, -0.25) is 9.69 Å². The zero-order valence-corrected chi connectivity index (χ0v) is 13.7. The van der Waals surface area contributed by atoms with Crippen molar-refractivity contribution < 1.29 is 9.18 Å². The number of benzene rings is 2. The number of halogens is 1. The molecular weight excluding hydrogens is 305 g/mol. The predicted octanol–water partition coefficient (Wildman–Crippen LogP) is 1.95. The normalized spacial score (nSPS) is 10.8. The first-order chi connectivity index (χ1) is 11.7. The van der Waals surface area contributed by atoms with Crippen LogP contribution in [-0.4, -0.2) is 37.0 Å². The fourth-order valence-electron chi connectivity index (χ4n) is 2.48. The zero-order valence-electron chi connectivity index (χ0n) is 13.7. The number of hydrogen-bond donors (Lipinski definition) is 2. The lowest BCUT2D eigenvalue weighted by Crippen LogP contribution is -2.40. The van der Waals surface area contributed by atoms with Gasteiger partial charge in [0.15, 0.2) is 0 Å². The van der Waals surface area contributed by atoms with E-state index in [1.54, 1.807) is 18.2 Å². The topological polar surface area (TPSA) is 58.4 Å². The molecule has 0 saturated heterocycles. The smallest absolute Gasteiger partial charge is 0.234 e. The molecule has 0 unspecified atom stereocenters. The van der Waals surface area contributed by atoms with E-state index >= 15 is 0 Å². The molecule has 4 nitrogen and oxygen atoms in total. The van der Waals surface area contributed by atoms with Crippen molar-refractivity contribution in [1.82, 2.24) is 10.2 Å². The summed E-state index contributed by atoms with van der Waals surface area (Å²) in [6.45, 7) is 2.36. The summed E-state index contributed by atoms with van der Waals surface area (Å²) in [5.74, 6) is -0.430. The first-order valence-corrected chi connectivity index (χ1v) is 8.15. The van der Waals surface area contributed by atoms with Crippen molar-refractivity contribution in [3.8, 4) is 0 Å². The molecule has 0 atom stereocenters. The Balaban J connectivity index is 1.80. The van der Waals surface area contributed by atoms with E-state index in [9.17, 15) is 9.18 Å². The monoisotopic (exact) mass is 329 g/mol. The average Bonchev–Trinajstić information content (AvgIpc) is 2.60. The van der Waals surface area contributed by atoms with E-state index in [-0.39, 0.29) is 24.8 Å². The standard InChI is InChI=1S/C19H24FN3O/c20-18-9-5-4-8-17(18)14-22-19(24)15-23(13-11-21)12-10-16-6-2-1-3-7-16/h1-9H,10-15,21H2,(H,22,24). The van der Waals surface area contributed by atoms with Crippen molar-refractivity contribution in [2.75, 3.05) is 26.2 Å². The lowest BCUT2D eigenvalue weighted by Gasteiger charge is -2.21. The maximum atomic E-state index is 13.6. The van der Waals surface area contributed by atoms with Gasteiger partial charge in [-0.15, -0.1) is 0 Å². The Labute approximate surface area is 142 Å². The van der Waals surface area contributed by atoms with Crippen LogP contribution in [0.2, 0.25) is 0 Å². The minimum atomic E-state index is -0.305. The number of amides is 1. The molecule has 24 heavy (non-hydrogen) atoms. The second-order valence-electron chi connectivity index (χ2n) is 5.67. The maximum absolute atomic E-state index is 13.6. The number of carbonyl (C=O) groups excluding carboxylic acids is 1. The number of hydrogen-bond acceptors (Lipinski definition) is 3. The Morgan fingerprint density at radius 3 is 2.46 bits per heavy atom. The summed E-state index contributed by atoms with van der Waals surface area (Å²) in [5.41, 5.74) is 7.35. The van der Waals surface area contributed by atoms with Crippen LogP contribution in [0.4, 0.5) is 4.39 Å². The molecule has 0 radical (unpaired) electrons. The van der Waals surface area contributed by atoms with Crippen molar-refractivity contribution in [2.24, 2.45) is 5.73 Å². The van der Waals surface area contributed by atoms with Gasteiger partial charge in [0.2, 0.25) is 5.91 Å². The number of nitrogens with two attached hydrogens (primary N) is 1. The van der Waals surface area contributed by atoms with Gasteiger partial charge in [-0.25, -0.2) is 4.39 Å². The van der Waals surface area contributed by atoms with Gasteiger partial charge >= 0.3 is 0 Å². The van der Waals surface area contributed by atoms with Gasteiger partial charge < -0.3 is 11.1 Å². The largest absolute Gasteiger partial charge is 0.351 e. The highest BCUT2D eigenvalue weighted by atomic mass is 19.1. The average molecular weight is 329 g/mol. The number of nitrogens with one attached hydrogen (secondary N) is 1. The molecule has 2 aromatic rings. The maximum Gasteiger partial charge on any atom is 0.234 e.